The fourth-order valence-electron chi connectivity index (χ4n) is 2.45. The maximum atomic E-state index is 13.3. The lowest BCUT2D eigenvalue weighted by molar-refractivity contribution is 0.103. The SMILES string of the molecule is CN1CCC(CNCC(O)COc2ccccc2F)C1. The van der Waals surface area contributed by atoms with Crippen LogP contribution in [0, 0.1) is 11.7 Å². The van der Waals surface area contributed by atoms with E-state index in [1.807, 2.05) is 0 Å². The average Bonchev–Trinajstić information content (AvgIpc) is 2.83. The van der Waals surface area contributed by atoms with E-state index in [9.17, 15) is 9.50 Å². The molecule has 4 nitrogen and oxygen atoms in total. The highest BCUT2D eigenvalue weighted by Crippen LogP contribution is 2.15. The van der Waals surface area contributed by atoms with Gasteiger partial charge in [0.1, 0.15) is 12.7 Å². The summed E-state index contributed by atoms with van der Waals surface area (Å²) >= 11 is 0. The molecular weight excluding hydrogens is 259 g/mol. The largest absolute Gasteiger partial charge is 0.488 e. The molecule has 0 amide bonds. The molecule has 2 unspecified atom stereocenters. The Balaban J connectivity index is 1.61. The van der Waals surface area contributed by atoms with Crippen LogP contribution in [0.5, 0.6) is 5.75 Å². The smallest absolute Gasteiger partial charge is 0.165 e. The Morgan fingerprint density at radius 3 is 3.00 bits per heavy atom. The first kappa shape index (κ1) is 15.2. The molecule has 1 heterocycles. The molecule has 1 saturated heterocycles. The molecule has 112 valence electrons. The quantitative estimate of drug-likeness (QED) is 0.786. The minimum Gasteiger partial charge on any atom is -0.488 e. The van der Waals surface area contributed by atoms with E-state index < -0.39 is 11.9 Å². The Labute approximate surface area is 119 Å². The summed E-state index contributed by atoms with van der Waals surface area (Å²) < 4.78 is 18.6. The van der Waals surface area contributed by atoms with Gasteiger partial charge in [-0.25, -0.2) is 4.39 Å². The fourth-order valence-corrected chi connectivity index (χ4v) is 2.45. The summed E-state index contributed by atoms with van der Waals surface area (Å²) in [6.07, 6.45) is 0.569. The van der Waals surface area contributed by atoms with Crippen LogP contribution >= 0.6 is 0 Å². The van der Waals surface area contributed by atoms with Gasteiger partial charge < -0.3 is 20.1 Å². The van der Waals surface area contributed by atoms with Crippen molar-refractivity contribution in [1.29, 1.82) is 0 Å². The second-order valence-corrected chi connectivity index (χ2v) is 5.47. The Morgan fingerprint density at radius 2 is 2.30 bits per heavy atom. The third-order valence-corrected chi connectivity index (χ3v) is 3.57. The molecular formula is C15H23FN2O2. The Morgan fingerprint density at radius 1 is 1.50 bits per heavy atom. The first-order chi connectivity index (χ1) is 9.65. The number of para-hydroxylation sites is 1. The molecule has 1 aromatic rings. The maximum Gasteiger partial charge on any atom is 0.165 e. The predicted octanol–water partition coefficient (Wildman–Crippen LogP) is 1.11. The highest BCUT2D eigenvalue weighted by molar-refractivity contribution is 5.23. The van der Waals surface area contributed by atoms with Crippen LogP contribution in [0.3, 0.4) is 0 Å². The minimum atomic E-state index is -0.631. The van der Waals surface area contributed by atoms with Gasteiger partial charge in [-0.2, -0.15) is 0 Å². The van der Waals surface area contributed by atoms with Crippen LogP contribution in [0.2, 0.25) is 0 Å². The molecule has 0 bridgehead atoms. The molecule has 1 aliphatic rings. The lowest BCUT2D eigenvalue weighted by Gasteiger charge is -2.15. The van der Waals surface area contributed by atoms with Crippen LogP contribution in [-0.4, -0.2) is 55.9 Å². The molecule has 1 aliphatic heterocycles. The molecule has 5 heteroatoms. The second-order valence-electron chi connectivity index (χ2n) is 5.47. The van der Waals surface area contributed by atoms with Gasteiger partial charge in [-0.05, 0) is 44.6 Å². The van der Waals surface area contributed by atoms with Crippen molar-refractivity contribution in [1.82, 2.24) is 10.2 Å². The third kappa shape index (κ3) is 4.74. The van der Waals surface area contributed by atoms with Crippen LogP contribution in [0.1, 0.15) is 6.42 Å². The normalized spacial score (nSPS) is 21.1. The number of likely N-dealkylation sites (tertiary alicyclic amines) is 1. The highest BCUT2D eigenvalue weighted by Gasteiger charge is 2.19. The Bertz CT molecular complexity index is 417. The molecule has 2 rings (SSSR count). The molecule has 1 aromatic carbocycles. The van der Waals surface area contributed by atoms with Gasteiger partial charge in [-0.15, -0.1) is 0 Å². The van der Waals surface area contributed by atoms with Gasteiger partial charge >= 0.3 is 0 Å². The molecule has 1 fully saturated rings. The number of nitrogens with one attached hydrogen (secondary N) is 1. The van der Waals surface area contributed by atoms with Crippen LogP contribution in [0.4, 0.5) is 4.39 Å². The average molecular weight is 282 g/mol. The zero-order valence-corrected chi connectivity index (χ0v) is 11.9. The van der Waals surface area contributed by atoms with Gasteiger partial charge in [-0.1, -0.05) is 12.1 Å². The molecule has 2 N–H and O–H groups in total. The Hall–Kier alpha value is -1.17. The number of halogens is 1. The van der Waals surface area contributed by atoms with Gasteiger partial charge in [0.05, 0.1) is 0 Å². The number of nitrogens with zero attached hydrogens (tertiary/aromatic N) is 1. The number of ether oxygens (including phenoxy) is 1. The molecule has 0 spiro atoms. The summed E-state index contributed by atoms with van der Waals surface area (Å²) in [4.78, 5) is 2.31. The van der Waals surface area contributed by atoms with Crippen molar-refractivity contribution >= 4 is 0 Å². The third-order valence-electron chi connectivity index (χ3n) is 3.57. The second kappa shape index (κ2) is 7.57. The lowest BCUT2D eigenvalue weighted by atomic mass is 10.1. The minimum absolute atomic E-state index is 0.0957. The van der Waals surface area contributed by atoms with Crippen molar-refractivity contribution in [2.24, 2.45) is 5.92 Å². The van der Waals surface area contributed by atoms with E-state index in [0.29, 0.717) is 12.5 Å². The van der Waals surface area contributed by atoms with E-state index >= 15 is 0 Å². The Kier molecular flexibility index (Phi) is 5.76. The van der Waals surface area contributed by atoms with Crippen LogP contribution in [-0.2, 0) is 0 Å². The highest BCUT2D eigenvalue weighted by atomic mass is 19.1. The van der Waals surface area contributed by atoms with Crippen LogP contribution in [0.25, 0.3) is 0 Å². The van der Waals surface area contributed by atoms with Crippen molar-refractivity contribution in [3.05, 3.63) is 30.1 Å². The number of hydrogen-bond acceptors (Lipinski definition) is 4. The van der Waals surface area contributed by atoms with Gasteiger partial charge in [-0.3, -0.25) is 0 Å². The van der Waals surface area contributed by atoms with E-state index in [0.717, 1.165) is 19.6 Å². The summed E-state index contributed by atoms with van der Waals surface area (Å²) in [5.74, 6) is 0.435. The monoisotopic (exact) mass is 282 g/mol. The van der Waals surface area contributed by atoms with E-state index in [1.54, 1.807) is 18.2 Å². The predicted molar refractivity (Wildman–Crippen MR) is 76.4 cm³/mol. The lowest BCUT2D eigenvalue weighted by Crippen LogP contribution is -2.34. The van der Waals surface area contributed by atoms with Gasteiger partial charge in [0.2, 0.25) is 0 Å². The van der Waals surface area contributed by atoms with Crippen molar-refractivity contribution in [2.45, 2.75) is 12.5 Å². The number of rotatable bonds is 7. The first-order valence-corrected chi connectivity index (χ1v) is 7.10. The fraction of sp³-hybridized carbons (Fsp3) is 0.600. The molecule has 0 aromatic heterocycles. The molecule has 0 aliphatic carbocycles. The van der Waals surface area contributed by atoms with Crippen molar-refractivity contribution in [2.75, 3.05) is 39.8 Å². The maximum absolute atomic E-state index is 13.3. The van der Waals surface area contributed by atoms with Crippen LogP contribution in [0.15, 0.2) is 24.3 Å². The van der Waals surface area contributed by atoms with Crippen LogP contribution < -0.4 is 10.1 Å². The van der Waals surface area contributed by atoms with Gasteiger partial charge in [0.15, 0.2) is 11.6 Å². The van der Waals surface area contributed by atoms with Gasteiger partial charge in [0.25, 0.3) is 0 Å². The van der Waals surface area contributed by atoms with E-state index in [4.69, 9.17) is 4.74 Å². The number of benzene rings is 1. The summed E-state index contributed by atoms with van der Waals surface area (Å²) in [5, 5.41) is 13.1. The molecule has 0 radical (unpaired) electrons. The standard InChI is InChI=1S/C15H23FN2O2/c1-18-7-6-12(10-18)8-17-9-13(19)11-20-15-5-3-2-4-14(15)16/h2-5,12-13,17,19H,6-11H2,1H3. The van der Waals surface area contributed by atoms with E-state index in [2.05, 4.69) is 17.3 Å². The zero-order valence-electron chi connectivity index (χ0n) is 11.9. The van der Waals surface area contributed by atoms with E-state index in [1.165, 1.54) is 12.5 Å². The number of aliphatic hydroxyl groups is 1. The summed E-state index contributed by atoms with van der Waals surface area (Å²) in [5.41, 5.74) is 0. The summed E-state index contributed by atoms with van der Waals surface area (Å²) in [6.45, 7) is 3.72. The van der Waals surface area contributed by atoms with Crippen molar-refractivity contribution in [3.8, 4) is 5.75 Å². The molecule has 20 heavy (non-hydrogen) atoms. The van der Waals surface area contributed by atoms with Crippen molar-refractivity contribution in [3.63, 3.8) is 0 Å². The van der Waals surface area contributed by atoms with Crippen molar-refractivity contribution < 1.29 is 14.2 Å². The zero-order chi connectivity index (χ0) is 14.4. The number of aliphatic hydroxyl groups excluding tert-OH is 1. The number of hydrogen-bond donors (Lipinski definition) is 2. The summed E-state index contributed by atoms with van der Waals surface area (Å²) in [7, 11) is 2.12. The summed E-state index contributed by atoms with van der Waals surface area (Å²) in [6, 6.07) is 6.22. The molecule has 2 atom stereocenters. The topological polar surface area (TPSA) is 44.7 Å². The van der Waals surface area contributed by atoms with Gasteiger partial charge in [0, 0.05) is 13.1 Å². The molecule has 0 saturated carbocycles. The first-order valence-electron chi connectivity index (χ1n) is 7.10. The van der Waals surface area contributed by atoms with E-state index in [-0.39, 0.29) is 12.4 Å².